The van der Waals surface area contributed by atoms with E-state index in [4.69, 9.17) is 16.0 Å². The molecule has 0 saturated heterocycles. The van der Waals surface area contributed by atoms with Crippen LogP contribution in [0.25, 0.3) is 33.7 Å². The summed E-state index contributed by atoms with van der Waals surface area (Å²) in [7, 11) is 0. The van der Waals surface area contributed by atoms with Crippen LogP contribution >= 0.6 is 11.6 Å². The topological polar surface area (TPSA) is 118 Å². The third-order valence-electron chi connectivity index (χ3n) is 4.69. The number of carbonyl (C=O) groups excluding carboxylic acids is 1. The minimum atomic E-state index is -0.582. The van der Waals surface area contributed by atoms with E-state index in [2.05, 4.69) is 10.3 Å². The van der Waals surface area contributed by atoms with E-state index in [1.807, 2.05) is 0 Å². The molecular weight excluding hydrogens is 434 g/mol. The molecule has 0 fully saturated rings. The normalized spacial score (nSPS) is 10.7. The average Bonchev–Trinajstić information content (AvgIpc) is 3.16. The zero-order valence-electron chi connectivity index (χ0n) is 16.7. The molecule has 0 saturated carbocycles. The standard InChI is InChI=1S/C23H16ClN3O5/c1-13(28)25-23-26-21(18-8-4-5-9-19(18)24)22(32-23)17-7-3-2-6-15(17)16-11-10-14(27(30)31)12-20(16)29/h2-12,29H,1H3,(H,25,26,28). The Balaban J connectivity index is 1.94. The molecule has 1 heterocycles. The number of nitro groups is 1. The molecule has 0 aliphatic carbocycles. The van der Waals surface area contributed by atoms with E-state index < -0.39 is 4.92 Å². The Bertz CT molecular complexity index is 1350. The third-order valence-corrected chi connectivity index (χ3v) is 5.02. The maximum Gasteiger partial charge on any atom is 0.302 e. The fraction of sp³-hybridized carbons (Fsp3) is 0.0435. The highest BCUT2D eigenvalue weighted by molar-refractivity contribution is 6.33. The Hall–Kier alpha value is -4.17. The molecular formula is C23H16ClN3O5. The van der Waals surface area contributed by atoms with Gasteiger partial charge in [0.1, 0.15) is 11.4 Å². The van der Waals surface area contributed by atoms with Gasteiger partial charge in [-0.1, -0.05) is 54.1 Å². The molecule has 0 bridgehead atoms. The number of oxazole rings is 1. The Morgan fingerprint density at radius 2 is 1.69 bits per heavy atom. The van der Waals surface area contributed by atoms with Crippen molar-refractivity contribution in [3.05, 3.63) is 81.9 Å². The first kappa shape index (κ1) is 21.1. The lowest BCUT2D eigenvalue weighted by atomic mass is 9.95. The summed E-state index contributed by atoms with van der Waals surface area (Å²) in [5, 5.41) is 24.5. The number of rotatable bonds is 5. The van der Waals surface area contributed by atoms with Crippen molar-refractivity contribution in [3.8, 4) is 39.5 Å². The summed E-state index contributed by atoms with van der Waals surface area (Å²) in [6.07, 6.45) is 0. The van der Waals surface area contributed by atoms with Crippen molar-refractivity contribution < 1.29 is 19.2 Å². The van der Waals surface area contributed by atoms with Gasteiger partial charge in [0.25, 0.3) is 5.69 Å². The van der Waals surface area contributed by atoms with Gasteiger partial charge in [-0.3, -0.25) is 20.2 Å². The fourth-order valence-electron chi connectivity index (χ4n) is 3.32. The highest BCUT2D eigenvalue weighted by Crippen LogP contribution is 2.43. The van der Waals surface area contributed by atoms with Gasteiger partial charge in [0.05, 0.1) is 16.0 Å². The first-order valence-electron chi connectivity index (χ1n) is 9.45. The number of phenols is 1. The summed E-state index contributed by atoms with van der Waals surface area (Å²) in [5.74, 6) is -0.299. The molecule has 9 heteroatoms. The summed E-state index contributed by atoms with van der Waals surface area (Å²) in [6, 6.07) is 18.0. The van der Waals surface area contributed by atoms with Gasteiger partial charge in [0, 0.05) is 29.7 Å². The smallest absolute Gasteiger partial charge is 0.302 e. The first-order valence-corrected chi connectivity index (χ1v) is 9.83. The molecule has 8 nitrogen and oxygen atoms in total. The zero-order chi connectivity index (χ0) is 22.8. The second-order valence-electron chi connectivity index (χ2n) is 6.86. The number of non-ortho nitro benzene ring substituents is 1. The molecule has 0 radical (unpaired) electrons. The number of carbonyl (C=O) groups is 1. The van der Waals surface area contributed by atoms with Crippen molar-refractivity contribution in [1.82, 2.24) is 4.98 Å². The molecule has 1 amide bonds. The number of aromatic nitrogens is 1. The van der Waals surface area contributed by atoms with Crippen LogP contribution in [-0.4, -0.2) is 20.9 Å². The largest absolute Gasteiger partial charge is 0.507 e. The molecule has 160 valence electrons. The summed E-state index contributed by atoms with van der Waals surface area (Å²) in [5.41, 5.74) is 2.23. The summed E-state index contributed by atoms with van der Waals surface area (Å²) < 4.78 is 5.89. The van der Waals surface area contributed by atoms with Crippen molar-refractivity contribution >= 4 is 29.2 Å². The highest BCUT2D eigenvalue weighted by Gasteiger charge is 2.23. The minimum absolute atomic E-state index is 0.00913. The van der Waals surface area contributed by atoms with Crippen LogP contribution < -0.4 is 5.32 Å². The number of nitrogens with one attached hydrogen (secondary N) is 1. The van der Waals surface area contributed by atoms with Gasteiger partial charge in [-0.05, 0) is 17.7 Å². The van der Waals surface area contributed by atoms with Crippen molar-refractivity contribution in [1.29, 1.82) is 0 Å². The zero-order valence-corrected chi connectivity index (χ0v) is 17.5. The van der Waals surface area contributed by atoms with Crippen LogP contribution in [-0.2, 0) is 4.79 Å². The molecule has 0 aliphatic heterocycles. The summed E-state index contributed by atoms with van der Waals surface area (Å²) >= 11 is 6.39. The molecule has 0 spiro atoms. The van der Waals surface area contributed by atoms with Crippen molar-refractivity contribution in [2.75, 3.05) is 5.32 Å². The maximum atomic E-state index is 11.6. The van der Waals surface area contributed by atoms with Gasteiger partial charge in [0.2, 0.25) is 5.91 Å². The Morgan fingerprint density at radius 1 is 1.03 bits per heavy atom. The number of nitro benzene ring substituents is 1. The first-order chi connectivity index (χ1) is 15.3. The third kappa shape index (κ3) is 4.03. The van der Waals surface area contributed by atoms with Crippen LogP contribution in [0.4, 0.5) is 11.7 Å². The number of benzene rings is 3. The van der Waals surface area contributed by atoms with Crippen LogP contribution in [0.5, 0.6) is 5.75 Å². The van der Waals surface area contributed by atoms with Crippen LogP contribution in [0.2, 0.25) is 5.02 Å². The second kappa shape index (κ2) is 8.52. The molecule has 4 aromatic rings. The van der Waals surface area contributed by atoms with Crippen LogP contribution in [0.3, 0.4) is 0 Å². The number of nitrogens with zero attached hydrogens (tertiary/aromatic N) is 2. The predicted molar refractivity (Wildman–Crippen MR) is 120 cm³/mol. The monoisotopic (exact) mass is 449 g/mol. The number of anilines is 1. The quantitative estimate of drug-likeness (QED) is 0.289. The Kier molecular flexibility index (Phi) is 5.61. The van der Waals surface area contributed by atoms with E-state index in [1.54, 1.807) is 48.5 Å². The van der Waals surface area contributed by atoms with Gasteiger partial charge >= 0.3 is 6.01 Å². The number of phenolic OH excluding ortho intramolecular Hbond substituents is 1. The molecule has 4 rings (SSSR count). The number of amides is 1. The molecule has 1 aromatic heterocycles. The summed E-state index contributed by atoms with van der Waals surface area (Å²) in [6.45, 7) is 1.34. The van der Waals surface area contributed by atoms with Gasteiger partial charge in [-0.2, -0.15) is 4.98 Å². The van der Waals surface area contributed by atoms with Crippen LogP contribution in [0, 0.1) is 10.1 Å². The van der Waals surface area contributed by atoms with Gasteiger partial charge in [-0.25, -0.2) is 0 Å². The fourth-order valence-corrected chi connectivity index (χ4v) is 3.55. The molecule has 2 N–H and O–H groups in total. The number of halogens is 1. The molecule has 32 heavy (non-hydrogen) atoms. The number of aromatic hydroxyl groups is 1. The van der Waals surface area contributed by atoms with E-state index in [1.165, 1.54) is 19.1 Å². The van der Waals surface area contributed by atoms with E-state index in [0.717, 1.165) is 6.07 Å². The minimum Gasteiger partial charge on any atom is -0.507 e. The van der Waals surface area contributed by atoms with Crippen LogP contribution in [0.1, 0.15) is 6.92 Å². The molecule has 3 aromatic carbocycles. The number of hydrogen-bond donors (Lipinski definition) is 2. The molecule has 0 aliphatic rings. The lowest BCUT2D eigenvalue weighted by Crippen LogP contribution is -2.05. The average molecular weight is 450 g/mol. The Labute approximate surface area is 187 Å². The predicted octanol–water partition coefficient (Wildman–Crippen LogP) is 5.90. The van der Waals surface area contributed by atoms with Crippen molar-refractivity contribution in [2.24, 2.45) is 0 Å². The van der Waals surface area contributed by atoms with Gasteiger partial charge in [-0.15, -0.1) is 0 Å². The lowest BCUT2D eigenvalue weighted by molar-refractivity contribution is -0.384. The van der Waals surface area contributed by atoms with Crippen molar-refractivity contribution in [3.63, 3.8) is 0 Å². The van der Waals surface area contributed by atoms with E-state index in [0.29, 0.717) is 38.7 Å². The van der Waals surface area contributed by atoms with Gasteiger partial charge in [0.15, 0.2) is 5.76 Å². The van der Waals surface area contributed by atoms with Crippen LogP contribution in [0.15, 0.2) is 71.1 Å². The van der Waals surface area contributed by atoms with E-state index in [9.17, 15) is 20.0 Å². The highest BCUT2D eigenvalue weighted by atomic mass is 35.5. The maximum absolute atomic E-state index is 11.6. The number of hydrogen-bond acceptors (Lipinski definition) is 6. The van der Waals surface area contributed by atoms with Crippen molar-refractivity contribution in [2.45, 2.75) is 6.92 Å². The lowest BCUT2D eigenvalue weighted by Gasteiger charge is -2.11. The second-order valence-corrected chi connectivity index (χ2v) is 7.27. The molecule has 0 unspecified atom stereocenters. The Morgan fingerprint density at radius 3 is 2.31 bits per heavy atom. The van der Waals surface area contributed by atoms with Gasteiger partial charge < -0.3 is 9.52 Å². The van der Waals surface area contributed by atoms with E-state index >= 15 is 0 Å². The molecule has 0 atom stereocenters. The van der Waals surface area contributed by atoms with E-state index in [-0.39, 0.29) is 23.4 Å². The summed E-state index contributed by atoms with van der Waals surface area (Å²) in [4.78, 5) is 26.4. The SMILES string of the molecule is CC(=O)Nc1nc(-c2ccccc2Cl)c(-c2ccccc2-c2ccc([N+](=O)[O-])cc2O)o1.